The first-order valence-electron chi connectivity index (χ1n) is 6.65. The van der Waals surface area contributed by atoms with Crippen LogP contribution < -0.4 is 10.5 Å². The van der Waals surface area contributed by atoms with E-state index >= 15 is 0 Å². The molecule has 0 amide bonds. The molecule has 1 aromatic carbocycles. The predicted octanol–water partition coefficient (Wildman–Crippen LogP) is 2.15. The summed E-state index contributed by atoms with van der Waals surface area (Å²) in [6.45, 7) is 5.61. The molecule has 0 fully saturated rings. The van der Waals surface area contributed by atoms with Gasteiger partial charge in [0.1, 0.15) is 5.75 Å². The van der Waals surface area contributed by atoms with E-state index in [-0.39, 0.29) is 12.0 Å². The third kappa shape index (κ3) is 2.25. The number of aliphatic hydroxyl groups is 1. The monoisotopic (exact) mass is 249 g/mol. The highest BCUT2D eigenvalue weighted by Crippen LogP contribution is 2.43. The third-order valence-electron chi connectivity index (χ3n) is 4.40. The highest BCUT2D eigenvalue weighted by molar-refractivity contribution is 5.39. The molecule has 0 spiro atoms. The molecule has 1 heterocycles. The summed E-state index contributed by atoms with van der Waals surface area (Å²) in [6, 6.07) is 8.16. The number of hydrogen-bond donors (Lipinski definition) is 2. The molecular weight excluding hydrogens is 226 g/mol. The molecule has 3 nitrogen and oxygen atoms in total. The zero-order valence-corrected chi connectivity index (χ0v) is 11.2. The van der Waals surface area contributed by atoms with Crippen LogP contribution in [0.25, 0.3) is 0 Å². The Labute approximate surface area is 109 Å². The van der Waals surface area contributed by atoms with Gasteiger partial charge in [0.25, 0.3) is 0 Å². The summed E-state index contributed by atoms with van der Waals surface area (Å²) in [7, 11) is 0. The van der Waals surface area contributed by atoms with Crippen LogP contribution >= 0.6 is 0 Å². The lowest BCUT2D eigenvalue weighted by Crippen LogP contribution is -2.40. The molecule has 0 bridgehead atoms. The number of benzene rings is 1. The number of aliphatic hydroxyl groups excluding tert-OH is 1. The van der Waals surface area contributed by atoms with Crippen LogP contribution in [0, 0.1) is 11.3 Å². The van der Waals surface area contributed by atoms with Crippen molar-refractivity contribution in [3.05, 3.63) is 29.8 Å². The van der Waals surface area contributed by atoms with Crippen LogP contribution in [0.2, 0.25) is 0 Å². The molecule has 3 N–H and O–H groups in total. The van der Waals surface area contributed by atoms with Gasteiger partial charge in [0.2, 0.25) is 0 Å². The molecule has 2 unspecified atom stereocenters. The maximum atomic E-state index is 9.73. The first kappa shape index (κ1) is 13.4. The highest BCUT2D eigenvalue weighted by Gasteiger charge is 2.37. The van der Waals surface area contributed by atoms with Gasteiger partial charge in [-0.1, -0.05) is 32.0 Å². The Balaban J connectivity index is 2.20. The second kappa shape index (κ2) is 5.29. The normalized spacial score (nSPS) is 21.5. The Kier molecular flexibility index (Phi) is 3.93. The zero-order valence-electron chi connectivity index (χ0n) is 11.2. The van der Waals surface area contributed by atoms with Crippen molar-refractivity contribution in [2.24, 2.45) is 17.1 Å². The molecule has 0 saturated carbocycles. The van der Waals surface area contributed by atoms with Crippen LogP contribution in [0.4, 0.5) is 0 Å². The van der Waals surface area contributed by atoms with E-state index in [1.165, 1.54) is 5.56 Å². The topological polar surface area (TPSA) is 55.5 Å². The van der Waals surface area contributed by atoms with Crippen molar-refractivity contribution < 1.29 is 9.84 Å². The molecule has 2 rings (SSSR count). The summed E-state index contributed by atoms with van der Waals surface area (Å²) in [5.74, 6) is 1.69. The molecule has 3 heteroatoms. The zero-order chi connectivity index (χ0) is 13.2. The van der Waals surface area contributed by atoms with Crippen LogP contribution in [0.3, 0.4) is 0 Å². The molecule has 0 radical (unpaired) electrons. The molecule has 100 valence electrons. The van der Waals surface area contributed by atoms with Crippen molar-refractivity contribution >= 4 is 0 Å². The van der Waals surface area contributed by atoms with Crippen LogP contribution in [0.1, 0.15) is 31.7 Å². The SMILES string of the molecule is CC(C)C(CN)(CO)CC1COc2ccccc21. The van der Waals surface area contributed by atoms with Crippen molar-refractivity contribution in [1.82, 2.24) is 0 Å². The quantitative estimate of drug-likeness (QED) is 0.840. The lowest BCUT2D eigenvalue weighted by Gasteiger charge is -2.36. The largest absolute Gasteiger partial charge is 0.493 e. The standard InChI is InChI=1S/C15H23NO2/c1-11(2)15(9-16,10-17)7-12-8-18-14-6-4-3-5-13(12)14/h3-6,11-12,17H,7-10,16H2,1-2H3. The minimum atomic E-state index is -0.203. The minimum Gasteiger partial charge on any atom is -0.493 e. The van der Waals surface area contributed by atoms with Crippen LogP contribution in [0.5, 0.6) is 5.75 Å². The third-order valence-corrected chi connectivity index (χ3v) is 4.40. The molecule has 0 aliphatic carbocycles. The van der Waals surface area contributed by atoms with E-state index in [2.05, 4.69) is 19.9 Å². The number of fused-ring (bicyclic) bond motifs is 1. The Bertz CT molecular complexity index is 399. The molecule has 0 aromatic heterocycles. The van der Waals surface area contributed by atoms with Crippen molar-refractivity contribution in [1.29, 1.82) is 0 Å². The van der Waals surface area contributed by atoms with Gasteiger partial charge < -0.3 is 15.6 Å². The Morgan fingerprint density at radius 2 is 2.17 bits per heavy atom. The Morgan fingerprint density at radius 1 is 1.44 bits per heavy atom. The van der Waals surface area contributed by atoms with E-state index < -0.39 is 0 Å². The molecule has 0 saturated heterocycles. The average molecular weight is 249 g/mol. The second-order valence-corrected chi connectivity index (χ2v) is 5.63. The fourth-order valence-corrected chi connectivity index (χ4v) is 2.76. The van der Waals surface area contributed by atoms with E-state index in [0.29, 0.717) is 25.0 Å². The van der Waals surface area contributed by atoms with Crippen molar-refractivity contribution in [2.75, 3.05) is 19.8 Å². The van der Waals surface area contributed by atoms with Crippen molar-refractivity contribution in [3.63, 3.8) is 0 Å². The van der Waals surface area contributed by atoms with E-state index in [1.807, 2.05) is 18.2 Å². The van der Waals surface area contributed by atoms with Gasteiger partial charge in [0.05, 0.1) is 13.2 Å². The summed E-state index contributed by atoms with van der Waals surface area (Å²) in [5.41, 5.74) is 6.97. The van der Waals surface area contributed by atoms with Crippen molar-refractivity contribution in [3.8, 4) is 5.75 Å². The smallest absolute Gasteiger partial charge is 0.122 e. The Morgan fingerprint density at radius 3 is 2.78 bits per heavy atom. The molecule has 18 heavy (non-hydrogen) atoms. The van der Waals surface area contributed by atoms with Gasteiger partial charge in [0, 0.05) is 23.4 Å². The summed E-state index contributed by atoms with van der Waals surface area (Å²) < 4.78 is 5.70. The average Bonchev–Trinajstić information content (AvgIpc) is 2.79. The fraction of sp³-hybridized carbons (Fsp3) is 0.600. The van der Waals surface area contributed by atoms with E-state index in [9.17, 15) is 5.11 Å². The van der Waals surface area contributed by atoms with Gasteiger partial charge in [-0.3, -0.25) is 0 Å². The van der Waals surface area contributed by atoms with Gasteiger partial charge in [0.15, 0.2) is 0 Å². The number of nitrogens with two attached hydrogens (primary N) is 1. The van der Waals surface area contributed by atoms with E-state index in [4.69, 9.17) is 10.5 Å². The number of para-hydroxylation sites is 1. The molecule has 2 atom stereocenters. The highest BCUT2D eigenvalue weighted by atomic mass is 16.5. The second-order valence-electron chi connectivity index (χ2n) is 5.63. The van der Waals surface area contributed by atoms with E-state index in [0.717, 1.165) is 12.2 Å². The molecule has 1 aromatic rings. The van der Waals surface area contributed by atoms with Crippen LogP contribution in [-0.4, -0.2) is 24.9 Å². The lowest BCUT2D eigenvalue weighted by atomic mass is 9.71. The number of ether oxygens (including phenoxy) is 1. The van der Waals surface area contributed by atoms with Gasteiger partial charge in [-0.05, 0) is 18.4 Å². The van der Waals surface area contributed by atoms with Gasteiger partial charge in [-0.25, -0.2) is 0 Å². The van der Waals surface area contributed by atoms with Crippen LogP contribution in [-0.2, 0) is 0 Å². The van der Waals surface area contributed by atoms with E-state index in [1.54, 1.807) is 0 Å². The summed E-state index contributed by atoms with van der Waals surface area (Å²) >= 11 is 0. The van der Waals surface area contributed by atoms with Crippen molar-refractivity contribution in [2.45, 2.75) is 26.2 Å². The first-order chi connectivity index (χ1) is 8.63. The first-order valence-corrected chi connectivity index (χ1v) is 6.65. The fourth-order valence-electron chi connectivity index (χ4n) is 2.76. The summed E-state index contributed by atoms with van der Waals surface area (Å²) in [6.07, 6.45) is 0.884. The van der Waals surface area contributed by atoms with Gasteiger partial charge in [-0.2, -0.15) is 0 Å². The summed E-state index contributed by atoms with van der Waals surface area (Å²) in [4.78, 5) is 0. The maximum absolute atomic E-state index is 9.73. The van der Waals surface area contributed by atoms with Gasteiger partial charge in [-0.15, -0.1) is 0 Å². The Hall–Kier alpha value is -1.06. The molecular formula is C15H23NO2. The van der Waals surface area contributed by atoms with Gasteiger partial charge >= 0.3 is 0 Å². The lowest BCUT2D eigenvalue weighted by molar-refractivity contribution is 0.0648. The minimum absolute atomic E-state index is 0.139. The predicted molar refractivity (Wildman–Crippen MR) is 72.7 cm³/mol. The maximum Gasteiger partial charge on any atom is 0.122 e. The number of rotatable bonds is 5. The molecule has 1 aliphatic heterocycles. The summed E-state index contributed by atoms with van der Waals surface area (Å²) in [5, 5.41) is 9.73. The van der Waals surface area contributed by atoms with Crippen LogP contribution in [0.15, 0.2) is 24.3 Å². The molecule has 1 aliphatic rings. The number of hydrogen-bond acceptors (Lipinski definition) is 3.